The Morgan fingerprint density at radius 3 is 2.50 bits per heavy atom. The molecular weight excluding hydrogens is 250 g/mol. The minimum Gasteiger partial charge on any atom is -0.352 e. The number of nitrogens with one attached hydrogen (secondary N) is 2. The summed E-state index contributed by atoms with van der Waals surface area (Å²) in [7, 11) is 0. The van der Waals surface area contributed by atoms with Gasteiger partial charge in [0.05, 0.1) is 6.04 Å². The fourth-order valence-corrected chi connectivity index (χ4v) is 2.78. The number of aromatic nitrogens is 1. The standard InChI is InChI=1S/C16H25N3O/c1-9-8-10(2)17-11(3)15(9)12(4)18-13(5)16(20)19-14-6-7-14/h8,12-14,18H,6-7H2,1-5H3,(H,19,20). The van der Waals surface area contributed by atoms with Gasteiger partial charge >= 0.3 is 0 Å². The predicted octanol–water partition coefficient (Wildman–Crippen LogP) is 2.32. The molecule has 1 aromatic heterocycles. The summed E-state index contributed by atoms with van der Waals surface area (Å²) < 4.78 is 0. The third-order valence-electron chi connectivity index (χ3n) is 3.83. The third kappa shape index (κ3) is 3.57. The molecule has 1 amide bonds. The Hall–Kier alpha value is -1.42. The minimum absolute atomic E-state index is 0.0923. The molecule has 2 rings (SSSR count). The highest BCUT2D eigenvalue weighted by atomic mass is 16.2. The van der Waals surface area contributed by atoms with Crippen molar-refractivity contribution in [1.29, 1.82) is 0 Å². The zero-order valence-electron chi connectivity index (χ0n) is 13.1. The normalized spacial score (nSPS) is 17.6. The first-order valence-electron chi connectivity index (χ1n) is 7.39. The van der Waals surface area contributed by atoms with E-state index in [0.717, 1.165) is 24.2 Å². The van der Waals surface area contributed by atoms with E-state index in [1.807, 2.05) is 20.8 Å². The van der Waals surface area contributed by atoms with Gasteiger partial charge in [0.2, 0.25) is 5.91 Å². The van der Waals surface area contributed by atoms with Gasteiger partial charge in [-0.25, -0.2) is 0 Å². The first-order valence-corrected chi connectivity index (χ1v) is 7.39. The summed E-state index contributed by atoms with van der Waals surface area (Å²) in [5.74, 6) is 0.0923. The Bertz CT molecular complexity index is 485. The maximum atomic E-state index is 12.0. The first-order chi connectivity index (χ1) is 9.38. The predicted molar refractivity (Wildman–Crippen MR) is 80.6 cm³/mol. The molecule has 0 radical (unpaired) electrons. The summed E-state index contributed by atoms with van der Waals surface area (Å²) in [5.41, 5.74) is 4.50. The molecule has 2 unspecified atom stereocenters. The van der Waals surface area contributed by atoms with Gasteiger partial charge in [-0.05, 0) is 64.7 Å². The van der Waals surface area contributed by atoms with E-state index in [1.54, 1.807) is 0 Å². The van der Waals surface area contributed by atoms with Gasteiger partial charge in [-0.15, -0.1) is 0 Å². The van der Waals surface area contributed by atoms with Crippen molar-refractivity contribution in [2.75, 3.05) is 0 Å². The Labute approximate surface area is 121 Å². The molecule has 4 nitrogen and oxygen atoms in total. The molecule has 0 aliphatic heterocycles. The molecule has 0 spiro atoms. The van der Waals surface area contributed by atoms with Crippen molar-refractivity contribution < 1.29 is 4.79 Å². The fourth-order valence-electron chi connectivity index (χ4n) is 2.78. The van der Waals surface area contributed by atoms with Crippen LogP contribution in [0.4, 0.5) is 0 Å². The molecule has 1 aliphatic carbocycles. The van der Waals surface area contributed by atoms with Crippen molar-refractivity contribution in [3.63, 3.8) is 0 Å². The van der Waals surface area contributed by atoms with Crippen LogP contribution in [0.25, 0.3) is 0 Å². The second kappa shape index (κ2) is 5.92. The molecule has 1 saturated carbocycles. The van der Waals surface area contributed by atoms with Gasteiger partial charge < -0.3 is 5.32 Å². The van der Waals surface area contributed by atoms with Crippen LogP contribution in [0.3, 0.4) is 0 Å². The number of nitrogens with zero attached hydrogens (tertiary/aromatic N) is 1. The topological polar surface area (TPSA) is 54.0 Å². The molecule has 4 heteroatoms. The highest BCUT2D eigenvalue weighted by molar-refractivity contribution is 5.81. The van der Waals surface area contributed by atoms with Crippen molar-refractivity contribution >= 4 is 5.91 Å². The lowest BCUT2D eigenvalue weighted by molar-refractivity contribution is -0.123. The summed E-state index contributed by atoms with van der Waals surface area (Å²) in [5, 5.41) is 6.41. The number of hydrogen-bond donors (Lipinski definition) is 2. The summed E-state index contributed by atoms with van der Waals surface area (Å²) in [6, 6.07) is 2.43. The van der Waals surface area contributed by atoms with Gasteiger partial charge in [0.25, 0.3) is 0 Å². The molecule has 1 fully saturated rings. The first kappa shape index (κ1) is 15.0. The van der Waals surface area contributed by atoms with Crippen LogP contribution >= 0.6 is 0 Å². The highest BCUT2D eigenvalue weighted by Gasteiger charge is 2.26. The summed E-state index contributed by atoms with van der Waals surface area (Å²) >= 11 is 0. The third-order valence-corrected chi connectivity index (χ3v) is 3.83. The molecule has 1 aromatic rings. The van der Waals surface area contributed by atoms with E-state index in [4.69, 9.17) is 0 Å². The lowest BCUT2D eigenvalue weighted by Crippen LogP contribution is -2.44. The molecule has 110 valence electrons. The maximum Gasteiger partial charge on any atom is 0.237 e. The quantitative estimate of drug-likeness (QED) is 0.867. The highest BCUT2D eigenvalue weighted by Crippen LogP contribution is 2.22. The summed E-state index contributed by atoms with van der Waals surface area (Å²) in [4.78, 5) is 16.5. The number of carbonyl (C=O) groups is 1. The van der Waals surface area contributed by atoms with Crippen LogP contribution < -0.4 is 10.6 Å². The van der Waals surface area contributed by atoms with Gasteiger partial charge in [-0.2, -0.15) is 0 Å². The maximum absolute atomic E-state index is 12.0. The van der Waals surface area contributed by atoms with Crippen molar-refractivity contribution in [1.82, 2.24) is 15.6 Å². The Morgan fingerprint density at radius 2 is 1.95 bits per heavy atom. The van der Waals surface area contributed by atoms with E-state index in [-0.39, 0.29) is 18.0 Å². The number of amides is 1. The van der Waals surface area contributed by atoms with Gasteiger partial charge in [0.15, 0.2) is 0 Å². The van der Waals surface area contributed by atoms with Crippen LogP contribution in [-0.2, 0) is 4.79 Å². The second-order valence-electron chi connectivity index (χ2n) is 5.97. The molecule has 2 N–H and O–H groups in total. The van der Waals surface area contributed by atoms with E-state index in [2.05, 4.69) is 35.5 Å². The van der Waals surface area contributed by atoms with E-state index in [9.17, 15) is 4.79 Å². The van der Waals surface area contributed by atoms with Gasteiger partial charge in [0.1, 0.15) is 0 Å². The van der Waals surface area contributed by atoms with Crippen LogP contribution in [0, 0.1) is 20.8 Å². The number of carbonyl (C=O) groups excluding carboxylic acids is 1. The van der Waals surface area contributed by atoms with Gasteiger partial charge in [-0.1, -0.05) is 0 Å². The summed E-state index contributed by atoms with van der Waals surface area (Å²) in [6.07, 6.45) is 2.24. The molecule has 1 heterocycles. The number of pyridine rings is 1. The second-order valence-corrected chi connectivity index (χ2v) is 5.97. The molecule has 20 heavy (non-hydrogen) atoms. The average molecular weight is 275 g/mol. The lowest BCUT2D eigenvalue weighted by atomic mass is 10.00. The Morgan fingerprint density at radius 1 is 1.30 bits per heavy atom. The number of hydrogen-bond acceptors (Lipinski definition) is 3. The van der Waals surface area contributed by atoms with Crippen molar-refractivity contribution in [2.45, 2.75) is 65.6 Å². The Kier molecular flexibility index (Phi) is 4.43. The van der Waals surface area contributed by atoms with Crippen molar-refractivity contribution in [3.8, 4) is 0 Å². The summed E-state index contributed by atoms with van der Waals surface area (Å²) in [6.45, 7) is 10.1. The smallest absolute Gasteiger partial charge is 0.237 e. The SMILES string of the molecule is Cc1cc(C)c(C(C)NC(C)C(=O)NC2CC2)c(C)n1. The molecule has 2 atom stereocenters. The van der Waals surface area contributed by atoms with E-state index < -0.39 is 0 Å². The lowest BCUT2D eigenvalue weighted by Gasteiger charge is -2.23. The Balaban J connectivity index is 2.03. The van der Waals surface area contributed by atoms with Crippen LogP contribution in [0.15, 0.2) is 6.07 Å². The molecule has 1 aliphatic rings. The molecule has 0 saturated heterocycles. The van der Waals surface area contributed by atoms with Crippen molar-refractivity contribution in [2.24, 2.45) is 0 Å². The van der Waals surface area contributed by atoms with Crippen molar-refractivity contribution in [3.05, 3.63) is 28.6 Å². The average Bonchev–Trinajstić information content (AvgIpc) is 3.11. The van der Waals surface area contributed by atoms with Crippen LogP contribution in [0.5, 0.6) is 0 Å². The molecular formula is C16H25N3O. The van der Waals surface area contributed by atoms with Crippen LogP contribution in [0.2, 0.25) is 0 Å². The molecule has 0 bridgehead atoms. The fraction of sp³-hybridized carbons (Fsp3) is 0.625. The minimum atomic E-state index is -0.189. The largest absolute Gasteiger partial charge is 0.352 e. The van der Waals surface area contributed by atoms with Gasteiger partial charge in [-0.3, -0.25) is 15.1 Å². The zero-order valence-corrected chi connectivity index (χ0v) is 13.1. The monoisotopic (exact) mass is 275 g/mol. The van der Waals surface area contributed by atoms with E-state index in [0.29, 0.717) is 6.04 Å². The molecule has 0 aromatic carbocycles. The van der Waals surface area contributed by atoms with Crippen LogP contribution in [0.1, 0.15) is 55.2 Å². The van der Waals surface area contributed by atoms with Crippen LogP contribution in [-0.4, -0.2) is 23.0 Å². The van der Waals surface area contributed by atoms with Gasteiger partial charge in [0, 0.05) is 23.5 Å². The van der Waals surface area contributed by atoms with E-state index >= 15 is 0 Å². The number of rotatable bonds is 5. The number of aryl methyl sites for hydroxylation is 3. The van der Waals surface area contributed by atoms with E-state index in [1.165, 1.54) is 11.1 Å². The zero-order chi connectivity index (χ0) is 14.9.